The monoisotopic (exact) mass is 267 g/mol. The van der Waals surface area contributed by atoms with E-state index in [4.69, 9.17) is 4.74 Å². The highest BCUT2D eigenvalue weighted by Gasteiger charge is 2.00. The fourth-order valence-corrected chi connectivity index (χ4v) is 1.54. The molecule has 0 atom stereocenters. The van der Waals surface area contributed by atoms with Gasteiger partial charge in [0, 0.05) is 13.0 Å². The van der Waals surface area contributed by atoms with Gasteiger partial charge in [0.15, 0.2) is 0 Å². The van der Waals surface area contributed by atoms with Crippen molar-refractivity contribution in [1.82, 2.24) is 9.97 Å². The fraction of sp³-hybridized carbons (Fsp3) is 0.615. The van der Waals surface area contributed by atoms with E-state index in [9.17, 15) is 4.79 Å². The Morgan fingerprint density at radius 1 is 1.32 bits per heavy atom. The summed E-state index contributed by atoms with van der Waals surface area (Å²) in [5.74, 6) is 1.08. The number of carbonyl (C=O) groups is 1. The van der Waals surface area contributed by atoms with E-state index in [0.717, 1.165) is 25.8 Å². The van der Waals surface area contributed by atoms with Crippen molar-refractivity contribution in [3.8, 4) is 5.88 Å². The normalized spacial score (nSPS) is 10.0. The summed E-state index contributed by atoms with van der Waals surface area (Å²) in [6.07, 6.45) is 6.52. The predicted molar refractivity (Wildman–Crippen MR) is 72.2 cm³/mol. The van der Waals surface area contributed by atoms with Crippen molar-refractivity contribution in [1.29, 1.82) is 0 Å². The van der Waals surface area contributed by atoms with Gasteiger partial charge in [0.2, 0.25) is 5.88 Å². The molecule has 106 valence electrons. The molecule has 1 rings (SSSR count). The van der Waals surface area contributed by atoms with Gasteiger partial charge < -0.3 is 14.8 Å². The number of carbonyl (C=O) groups excluding carboxylic acids is 1. The molecule has 0 aromatic carbocycles. The molecule has 0 aliphatic heterocycles. The second kappa shape index (κ2) is 9.13. The Hall–Kier alpha value is -1.85. The maximum atomic E-state index is 10.9. The van der Waals surface area contributed by atoms with Crippen molar-refractivity contribution >= 4 is 11.8 Å². The highest BCUT2D eigenvalue weighted by Crippen LogP contribution is 2.09. The number of esters is 1. The Morgan fingerprint density at radius 2 is 2.16 bits per heavy atom. The third-order valence-electron chi connectivity index (χ3n) is 2.50. The highest BCUT2D eigenvalue weighted by molar-refractivity contribution is 5.68. The minimum Gasteiger partial charge on any atom is -0.477 e. The van der Waals surface area contributed by atoms with Gasteiger partial charge in [0.25, 0.3) is 0 Å². The number of nitrogens with zero attached hydrogens (tertiary/aromatic N) is 2. The lowest BCUT2D eigenvalue weighted by Crippen LogP contribution is -2.06. The van der Waals surface area contributed by atoms with Crippen LogP contribution in [0.5, 0.6) is 5.88 Å². The molecule has 6 heteroatoms. The molecule has 0 fully saturated rings. The third-order valence-corrected chi connectivity index (χ3v) is 2.50. The van der Waals surface area contributed by atoms with Gasteiger partial charge >= 0.3 is 5.97 Å². The molecule has 0 bridgehead atoms. The minimum atomic E-state index is -0.150. The van der Waals surface area contributed by atoms with Crippen LogP contribution in [0.1, 0.15) is 32.6 Å². The SMILES string of the molecule is CCOc1cncc(NCCCCCC(=O)OC)n1. The Morgan fingerprint density at radius 3 is 2.89 bits per heavy atom. The molecule has 1 aromatic rings. The molecule has 0 aliphatic carbocycles. The van der Waals surface area contributed by atoms with Gasteiger partial charge in [-0.3, -0.25) is 9.78 Å². The van der Waals surface area contributed by atoms with Crippen molar-refractivity contribution < 1.29 is 14.3 Å². The van der Waals surface area contributed by atoms with E-state index in [1.54, 1.807) is 12.4 Å². The average molecular weight is 267 g/mol. The van der Waals surface area contributed by atoms with E-state index in [2.05, 4.69) is 20.0 Å². The zero-order valence-electron chi connectivity index (χ0n) is 11.5. The molecule has 1 aromatic heterocycles. The molecule has 0 unspecified atom stereocenters. The van der Waals surface area contributed by atoms with E-state index in [-0.39, 0.29) is 5.97 Å². The molecular formula is C13H21N3O3. The van der Waals surface area contributed by atoms with Crippen LogP contribution >= 0.6 is 0 Å². The van der Waals surface area contributed by atoms with Crippen LogP contribution in [-0.4, -0.2) is 36.2 Å². The number of methoxy groups -OCH3 is 1. The summed E-state index contributed by atoms with van der Waals surface area (Å²) in [6, 6.07) is 0. The molecule has 0 spiro atoms. The fourth-order valence-electron chi connectivity index (χ4n) is 1.54. The molecule has 1 N–H and O–H groups in total. The van der Waals surface area contributed by atoms with Crippen LogP contribution in [0.25, 0.3) is 0 Å². The van der Waals surface area contributed by atoms with Crippen LogP contribution in [0.2, 0.25) is 0 Å². The van der Waals surface area contributed by atoms with Gasteiger partial charge in [-0.2, -0.15) is 4.98 Å². The highest BCUT2D eigenvalue weighted by atomic mass is 16.5. The molecule has 0 saturated heterocycles. The Balaban J connectivity index is 2.15. The quantitative estimate of drug-likeness (QED) is 0.545. The summed E-state index contributed by atoms with van der Waals surface area (Å²) in [5.41, 5.74) is 0. The largest absolute Gasteiger partial charge is 0.477 e. The van der Waals surface area contributed by atoms with Gasteiger partial charge in [-0.25, -0.2) is 0 Å². The number of rotatable bonds is 9. The first-order chi connectivity index (χ1) is 9.26. The molecule has 1 heterocycles. The first-order valence-electron chi connectivity index (χ1n) is 6.51. The second-order valence-electron chi connectivity index (χ2n) is 3.99. The third kappa shape index (κ3) is 6.59. The van der Waals surface area contributed by atoms with Crippen molar-refractivity contribution in [2.45, 2.75) is 32.6 Å². The summed E-state index contributed by atoms with van der Waals surface area (Å²) in [4.78, 5) is 19.2. The van der Waals surface area contributed by atoms with Crippen molar-refractivity contribution in [3.63, 3.8) is 0 Å². The average Bonchev–Trinajstić information content (AvgIpc) is 2.43. The van der Waals surface area contributed by atoms with Gasteiger partial charge in [-0.15, -0.1) is 0 Å². The molecular weight excluding hydrogens is 246 g/mol. The molecule has 0 radical (unpaired) electrons. The molecule has 0 saturated carbocycles. The number of unbranched alkanes of at least 4 members (excludes halogenated alkanes) is 2. The molecule has 6 nitrogen and oxygen atoms in total. The van der Waals surface area contributed by atoms with Gasteiger partial charge in [-0.05, 0) is 19.8 Å². The van der Waals surface area contributed by atoms with Crippen LogP contribution in [0, 0.1) is 0 Å². The van der Waals surface area contributed by atoms with Crippen LogP contribution in [0.3, 0.4) is 0 Å². The number of anilines is 1. The van der Waals surface area contributed by atoms with Crippen LogP contribution in [-0.2, 0) is 9.53 Å². The first-order valence-corrected chi connectivity index (χ1v) is 6.51. The predicted octanol–water partition coefficient (Wildman–Crippen LogP) is 2.02. The summed E-state index contributed by atoms with van der Waals surface area (Å²) in [5, 5.41) is 3.18. The van der Waals surface area contributed by atoms with Crippen molar-refractivity contribution in [2.24, 2.45) is 0 Å². The summed E-state index contributed by atoms with van der Waals surface area (Å²) >= 11 is 0. The summed E-state index contributed by atoms with van der Waals surface area (Å²) in [7, 11) is 1.41. The van der Waals surface area contributed by atoms with Gasteiger partial charge in [0.1, 0.15) is 5.82 Å². The number of nitrogens with one attached hydrogen (secondary N) is 1. The van der Waals surface area contributed by atoms with E-state index >= 15 is 0 Å². The van der Waals surface area contributed by atoms with Gasteiger partial charge in [0.05, 0.1) is 26.1 Å². The number of aromatic nitrogens is 2. The van der Waals surface area contributed by atoms with Crippen LogP contribution < -0.4 is 10.1 Å². The summed E-state index contributed by atoms with van der Waals surface area (Å²) < 4.78 is 9.84. The topological polar surface area (TPSA) is 73.3 Å². The zero-order valence-corrected chi connectivity index (χ0v) is 11.5. The van der Waals surface area contributed by atoms with E-state index in [1.807, 2.05) is 6.92 Å². The van der Waals surface area contributed by atoms with E-state index in [1.165, 1.54) is 7.11 Å². The summed E-state index contributed by atoms with van der Waals surface area (Å²) in [6.45, 7) is 3.28. The number of ether oxygens (including phenoxy) is 2. The maximum absolute atomic E-state index is 10.9. The smallest absolute Gasteiger partial charge is 0.305 e. The Kier molecular flexibility index (Phi) is 7.31. The lowest BCUT2D eigenvalue weighted by Gasteiger charge is -2.07. The molecule has 0 aliphatic rings. The lowest BCUT2D eigenvalue weighted by atomic mass is 10.2. The zero-order chi connectivity index (χ0) is 13.9. The molecule has 0 amide bonds. The van der Waals surface area contributed by atoms with Crippen molar-refractivity contribution in [2.75, 3.05) is 25.6 Å². The van der Waals surface area contributed by atoms with Crippen molar-refractivity contribution in [3.05, 3.63) is 12.4 Å². The lowest BCUT2D eigenvalue weighted by molar-refractivity contribution is -0.140. The Labute approximate surface area is 113 Å². The van der Waals surface area contributed by atoms with E-state index < -0.39 is 0 Å². The Bertz CT molecular complexity index is 385. The number of hydrogen-bond donors (Lipinski definition) is 1. The van der Waals surface area contributed by atoms with Crippen LogP contribution in [0.15, 0.2) is 12.4 Å². The van der Waals surface area contributed by atoms with Crippen LogP contribution in [0.4, 0.5) is 5.82 Å². The number of hydrogen-bond acceptors (Lipinski definition) is 6. The van der Waals surface area contributed by atoms with E-state index in [0.29, 0.717) is 24.7 Å². The standard InChI is InChI=1S/C13H21N3O3/c1-3-19-12-10-14-9-11(16-12)15-8-6-4-5-7-13(17)18-2/h9-10H,3-8H2,1-2H3,(H,15,16). The first kappa shape index (κ1) is 15.2. The maximum Gasteiger partial charge on any atom is 0.305 e. The minimum absolute atomic E-state index is 0.150. The molecule has 19 heavy (non-hydrogen) atoms. The van der Waals surface area contributed by atoms with Gasteiger partial charge in [-0.1, -0.05) is 6.42 Å². The second-order valence-corrected chi connectivity index (χ2v) is 3.99.